The Morgan fingerprint density at radius 2 is 1.76 bits per heavy atom. The molecule has 3 aromatic rings. The van der Waals surface area contributed by atoms with Crippen molar-refractivity contribution >= 4 is 16.1 Å². The first-order valence-corrected chi connectivity index (χ1v) is 10.1. The Morgan fingerprint density at radius 1 is 1.07 bits per heavy atom. The lowest BCUT2D eigenvalue weighted by molar-refractivity contribution is -0.137. The van der Waals surface area contributed by atoms with Crippen LogP contribution in [0, 0.1) is 13.8 Å². The number of nitrogens with zero attached hydrogens (tertiary/aromatic N) is 1. The summed E-state index contributed by atoms with van der Waals surface area (Å²) in [5.41, 5.74) is -0.575. The van der Waals surface area contributed by atoms with Crippen LogP contribution < -0.4 is 0 Å². The zero-order valence-corrected chi connectivity index (χ0v) is 16.3. The van der Waals surface area contributed by atoms with E-state index >= 15 is 0 Å². The van der Waals surface area contributed by atoms with E-state index < -0.39 is 27.3 Å². The van der Waals surface area contributed by atoms with Crippen molar-refractivity contribution in [3.63, 3.8) is 0 Å². The number of benzene rings is 2. The van der Waals surface area contributed by atoms with Crippen molar-refractivity contribution in [2.24, 2.45) is 0 Å². The van der Waals surface area contributed by atoms with Gasteiger partial charge in [-0.1, -0.05) is 35.5 Å². The Labute approximate surface area is 165 Å². The summed E-state index contributed by atoms with van der Waals surface area (Å²) >= 11 is 0. The molecule has 0 radical (unpaired) electrons. The van der Waals surface area contributed by atoms with E-state index in [2.05, 4.69) is 5.16 Å². The van der Waals surface area contributed by atoms with Gasteiger partial charge in [-0.05, 0) is 31.5 Å². The van der Waals surface area contributed by atoms with Gasteiger partial charge in [0.1, 0.15) is 12.0 Å². The summed E-state index contributed by atoms with van der Waals surface area (Å²) in [6, 6.07) is 8.45. The summed E-state index contributed by atoms with van der Waals surface area (Å²) in [4.78, 5) is 10.7. The van der Waals surface area contributed by atoms with Crippen molar-refractivity contribution in [2.45, 2.75) is 30.7 Å². The van der Waals surface area contributed by atoms with E-state index in [1.807, 2.05) is 0 Å². The maximum atomic E-state index is 13.6. The molecule has 0 bridgehead atoms. The lowest BCUT2D eigenvalue weighted by Crippen LogP contribution is -2.11. The van der Waals surface area contributed by atoms with Crippen molar-refractivity contribution in [2.75, 3.05) is 0 Å². The quantitative estimate of drug-likeness (QED) is 0.553. The minimum atomic E-state index is -4.77. The smallest absolute Gasteiger partial charge is 0.360 e. The third kappa shape index (κ3) is 4.09. The van der Waals surface area contributed by atoms with Crippen LogP contribution in [0.2, 0.25) is 0 Å². The van der Waals surface area contributed by atoms with Crippen LogP contribution in [0.1, 0.15) is 32.9 Å². The van der Waals surface area contributed by atoms with Crippen LogP contribution in [-0.4, -0.2) is 19.9 Å². The molecule has 0 unspecified atom stereocenters. The monoisotopic (exact) mass is 423 g/mol. The third-order valence-electron chi connectivity index (χ3n) is 4.57. The molecule has 152 valence electrons. The molecular weight excluding hydrogens is 407 g/mol. The van der Waals surface area contributed by atoms with E-state index in [9.17, 15) is 26.4 Å². The number of hydrogen-bond donors (Lipinski definition) is 0. The maximum absolute atomic E-state index is 13.6. The maximum Gasteiger partial charge on any atom is 0.417 e. The van der Waals surface area contributed by atoms with Gasteiger partial charge in [-0.2, -0.15) is 13.2 Å². The van der Waals surface area contributed by atoms with Gasteiger partial charge in [-0.15, -0.1) is 0 Å². The number of halogens is 3. The normalized spacial score (nSPS) is 12.2. The molecular formula is C20H16F3NO4S. The first-order valence-electron chi connectivity index (χ1n) is 8.45. The van der Waals surface area contributed by atoms with Gasteiger partial charge in [0.15, 0.2) is 15.6 Å². The Balaban J connectivity index is 2.18. The highest BCUT2D eigenvalue weighted by Gasteiger charge is 2.35. The van der Waals surface area contributed by atoms with Gasteiger partial charge in [0.05, 0.1) is 16.2 Å². The minimum absolute atomic E-state index is 0.105. The second-order valence-electron chi connectivity index (χ2n) is 6.49. The minimum Gasteiger partial charge on any atom is -0.360 e. The number of aryl methyl sites for hydroxylation is 1. The van der Waals surface area contributed by atoms with Gasteiger partial charge >= 0.3 is 6.18 Å². The fraction of sp³-hybridized carbons (Fsp3) is 0.200. The Bertz CT molecular complexity index is 1180. The van der Waals surface area contributed by atoms with E-state index in [1.54, 1.807) is 13.8 Å². The molecule has 9 heteroatoms. The lowest BCUT2D eigenvalue weighted by Gasteiger charge is -2.16. The van der Waals surface area contributed by atoms with E-state index in [0.717, 1.165) is 6.07 Å². The van der Waals surface area contributed by atoms with Crippen LogP contribution in [0.25, 0.3) is 11.1 Å². The molecule has 0 amide bonds. The van der Waals surface area contributed by atoms with E-state index in [0.29, 0.717) is 23.6 Å². The van der Waals surface area contributed by atoms with Gasteiger partial charge in [-0.3, -0.25) is 4.79 Å². The van der Waals surface area contributed by atoms with Gasteiger partial charge < -0.3 is 4.52 Å². The van der Waals surface area contributed by atoms with Gasteiger partial charge in [0.25, 0.3) is 0 Å². The van der Waals surface area contributed by atoms with Crippen molar-refractivity contribution in [3.05, 3.63) is 70.6 Å². The molecule has 1 aromatic heterocycles. The molecule has 0 atom stereocenters. The molecule has 0 saturated carbocycles. The number of aldehydes is 1. The molecule has 0 N–H and O–H groups in total. The zero-order chi connectivity index (χ0) is 21.4. The number of rotatable bonds is 5. The van der Waals surface area contributed by atoms with E-state index in [-0.39, 0.29) is 27.3 Å². The molecule has 3 rings (SSSR count). The molecule has 0 aliphatic carbocycles. The van der Waals surface area contributed by atoms with Crippen LogP contribution in [-0.2, 0) is 21.8 Å². The number of carbonyl (C=O) groups excluding carboxylic acids is 1. The molecule has 0 aliphatic rings. The van der Waals surface area contributed by atoms with Crippen molar-refractivity contribution in [1.82, 2.24) is 5.16 Å². The van der Waals surface area contributed by atoms with E-state index in [1.165, 1.54) is 30.3 Å². The summed E-state index contributed by atoms with van der Waals surface area (Å²) in [7, 11) is -4.05. The average molecular weight is 423 g/mol. The largest absolute Gasteiger partial charge is 0.417 e. The van der Waals surface area contributed by atoms with Crippen molar-refractivity contribution < 1.29 is 30.9 Å². The van der Waals surface area contributed by atoms with Gasteiger partial charge in [-0.25, -0.2) is 8.42 Å². The molecule has 29 heavy (non-hydrogen) atoms. The first-order chi connectivity index (χ1) is 13.5. The predicted octanol–water partition coefficient (Wildman–Crippen LogP) is 4.76. The fourth-order valence-corrected chi connectivity index (χ4v) is 4.48. The fourth-order valence-electron chi connectivity index (χ4n) is 2.91. The second kappa shape index (κ2) is 7.47. The highest BCUT2D eigenvalue weighted by atomic mass is 32.2. The molecule has 5 nitrogen and oxygen atoms in total. The molecule has 1 heterocycles. The zero-order valence-electron chi connectivity index (χ0n) is 15.4. The summed E-state index contributed by atoms with van der Waals surface area (Å²) in [6.45, 7) is 3.32. The number of alkyl halides is 3. The highest BCUT2D eigenvalue weighted by molar-refractivity contribution is 7.90. The van der Waals surface area contributed by atoms with Gasteiger partial charge in [0.2, 0.25) is 0 Å². The molecule has 2 aromatic carbocycles. The van der Waals surface area contributed by atoms with E-state index in [4.69, 9.17) is 4.52 Å². The van der Waals surface area contributed by atoms with Crippen molar-refractivity contribution in [3.8, 4) is 11.1 Å². The first kappa shape index (κ1) is 20.8. The topological polar surface area (TPSA) is 77.2 Å². The highest BCUT2D eigenvalue weighted by Crippen LogP contribution is 2.40. The third-order valence-corrected chi connectivity index (χ3v) is 6.24. The molecule has 0 fully saturated rings. The number of sulfone groups is 1. The number of hydrogen-bond acceptors (Lipinski definition) is 5. The number of aromatic nitrogens is 1. The van der Waals surface area contributed by atoms with Crippen LogP contribution in [0.15, 0.2) is 51.9 Å². The summed E-state index contributed by atoms with van der Waals surface area (Å²) in [5.74, 6) is -0.408. The molecule has 0 saturated heterocycles. The predicted molar refractivity (Wildman–Crippen MR) is 99.1 cm³/mol. The average Bonchev–Trinajstić information content (AvgIpc) is 2.98. The van der Waals surface area contributed by atoms with Crippen molar-refractivity contribution in [1.29, 1.82) is 0 Å². The Morgan fingerprint density at radius 3 is 2.34 bits per heavy atom. The Kier molecular flexibility index (Phi) is 5.36. The van der Waals surface area contributed by atoms with Crippen LogP contribution in [0.4, 0.5) is 13.2 Å². The molecule has 0 spiro atoms. The van der Waals surface area contributed by atoms with Crippen LogP contribution in [0.3, 0.4) is 0 Å². The number of carbonyl (C=O) groups is 1. The lowest BCUT2D eigenvalue weighted by atomic mass is 9.97. The van der Waals surface area contributed by atoms with Crippen LogP contribution in [0.5, 0.6) is 0 Å². The summed E-state index contributed by atoms with van der Waals surface area (Å²) in [6.07, 6.45) is -4.47. The van der Waals surface area contributed by atoms with Crippen LogP contribution >= 0.6 is 0 Å². The van der Waals surface area contributed by atoms with Gasteiger partial charge in [0, 0.05) is 16.7 Å². The SMILES string of the molecule is Cc1noc(CS(=O)(=O)c2ccccc2-c2ccc(C=O)cc2C(F)(F)F)c1C. The summed E-state index contributed by atoms with van der Waals surface area (Å²) < 4.78 is 71.9. The second-order valence-corrected chi connectivity index (χ2v) is 8.45. The molecule has 0 aliphatic heterocycles. The Hall–Kier alpha value is -2.94. The standard InChI is InChI=1S/C20H16F3NO4S/c1-12-13(2)24-28-18(12)11-29(26,27)19-6-4-3-5-16(19)15-8-7-14(10-25)9-17(15)20(21,22)23/h3-10H,11H2,1-2H3. The summed E-state index contributed by atoms with van der Waals surface area (Å²) in [5, 5.41) is 3.72.